The monoisotopic (exact) mass is 348 g/mol. The number of carbonyl (C=O) groups excluding carboxylic acids is 1. The topological polar surface area (TPSA) is 85.2 Å². The Morgan fingerprint density at radius 1 is 1.40 bits per heavy atom. The Morgan fingerprint density at radius 2 is 2.12 bits per heavy atom. The number of amides is 1. The molecule has 1 aromatic carbocycles. The second kappa shape index (κ2) is 7.74. The largest absolute Gasteiger partial charge is 0.345 e. The maximum absolute atomic E-state index is 13.3. The number of hydrogen-bond donors (Lipinski definition) is 1. The molecular weight excluding hydrogens is 323 g/mol. The molecular formula is C18H25FN4O2. The molecule has 0 radical (unpaired) electrons. The molecule has 2 aromatic rings. The SMILES string of the molecule is Cc1cc(-c2noc(CCC(=O)N(C)CC(C)(C)CN)n2)ccc1F. The van der Waals surface area contributed by atoms with Crippen molar-refractivity contribution in [3.63, 3.8) is 0 Å². The van der Waals surface area contributed by atoms with Crippen LogP contribution in [-0.2, 0) is 11.2 Å². The van der Waals surface area contributed by atoms with Crippen LogP contribution >= 0.6 is 0 Å². The quantitative estimate of drug-likeness (QED) is 0.831. The molecule has 2 rings (SSSR count). The molecule has 0 spiro atoms. The highest BCUT2D eigenvalue weighted by Gasteiger charge is 2.21. The zero-order valence-electron chi connectivity index (χ0n) is 15.2. The number of halogens is 1. The van der Waals surface area contributed by atoms with E-state index in [2.05, 4.69) is 10.1 Å². The van der Waals surface area contributed by atoms with Crippen molar-refractivity contribution in [2.24, 2.45) is 11.1 Å². The van der Waals surface area contributed by atoms with Gasteiger partial charge in [0.2, 0.25) is 17.6 Å². The van der Waals surface area contributed by atoms with E-state index in [1.54, 1.807) is 31.0 Å². The van der Waals surface area contributed by atoms with Crippen molar-refractivity contribution in [1.82, 2.24) is 15.0 Å². The molecule has 2 N–H and O–H groups in total. The fourth-order valence-corrected chi connectivity index (χ4v) is 2.46. The van der Waals surface area contributed by atoms with Crippen LogP contribution in [0.3, 0.4) is 0 Å². The number of hydrogen-bond acceptors (Lipinski definition) is 5. The molecule has 25 heavy (non-hydrogen) atoms. The van der Waals surface area contributed by atoms with Gasteiger partial charge in [0.05, 0.1) is 0 Å². The maximum atomic E-state index is 13.3. The van der Waals surface area contributed by atoms with Gasteiger partial charge in [-0.3, -0.25) is 4.79 Å². The standard InChI is InChI=1S/C18H25FN4O2/c1-12-9-13(5-6-14(12)19)17-21-15(25-22-17)7-8-16(24)23(4)11-18(2,3)10-20/h5-6,9H,7-8,10-11,20H2,1-4H3. The van der Waals surface area contributed by atoms with Gasteiger partial charge in [-0.05, 0) is 42.6 Å². The molecule has 0 saturated carbocycles. The van der Waals surface area contributed by atoms with E-state index in [1.807, 2.05) is 13.8 Å². The van der Waals surface area contributed by atoms with E-state index >= 15 is 0 Å². The number of rotatable bonds is 7. The van der Waals surface area contributed by atoms with Crippen molar-refractivity contribution < 1.29 is 13.7 Å². The summed E-state index contributed by atoms with van der Waals surface area (Å²) in [5.74, 6) is 0.500. The zero-order valence-corrected chi connectivity index (χ0v) is 15.2. The zero-order chi connectivity index (χ0) is 18.6. The lowest BCUT2D eigenvalue weighted by molar-refractivity contribution is -0.131. The molecule has 136 valence electrons. The molecule has 1 amide bonds. The predicted molar refractivity (Wildman–Crippen MR) is 93.2 cm³/mol. The van der Waals surface area contributed by atoms with Crippen molar-refractivity contribution in [2.45, 2.75) is 33.6 Å². The average Bonchev–Trinajstić information content (AvgIpc) is 3.03. The molecule has 0 fully saturated rings. The maximum Gasteiger partial charge on any atom is 0.227 e. The Labute approximate surface area is 147 Å². The normalized spacial score (nSPS) is 11.6. The van der Waals surface area contributed by atoms with Gasteiger partial charge < -0.3 is 15.2 Å². The van der Waals surface area contributed by atoms with Gasteiger partial charge in [0.1, 0.15) is 5.82 Å². The van der Waals surface area contributed by atoms with Crippen LogP contribution in [0, 0.1) is 18.2 Å². The second-order valence-corrected chi connectivity index (χ2v) is 7.09. The Hall–Kier alpha value is -2.28. The van der Waals surface area contributed by atoms with Gasteiger partial charge in [0.15, 0.2) is 0 Å². The lowest BCUT2D eigenvalue weighted by atomic mass is 9.93. The highest BCUT2D eigenvalue weighted by atomic mass is 19.1. The Bertz CT molecular complexity index is 742. The average molecular weight is 348 g/mol. The van der Waals surface area contributed by atoms with Crippen LogP contribution in [0.25, 0.3) is 11.4 Å². The summed E-state index contributed by atoms with van der Waals surface area (Å²) in [6.45, 7) is 6.82. The minimum Gasteiger partial charge on any atom is -0.345 e. The van der Waals surface area contributed by atoms with Crippen molar-refractivity contribution in [3.05, 3.63) is 35.5 Å². The van der Waals surface area contributed by atoms with Crippen LogP contribution in [-0.4, -0.2) is 41.1 Å². The molecule has 0 aliphatic rings. The summed E-state index contributed by atoms with van der Waals surface area (Å²) in [6.07, 6.45) is 0.640. The van der Waals surface area contributed by atoms with Crippen LogP contribution in [0.5, 0.6) is 0 Å². The van der Waals surface area contributed by atoms with Crippen LogP contribution < -0.4 is 5.73 Å². The van der Waals surface area contributed by atoms with Crippen LogP contribution in [0.4, 0.5) is 4.39 Å². The summed E-state index contributed by atoms with van der Waals surface area (Å²) in [5, 5.41) is 3.90. The first-order valence-electron chi connectivity index (χ1n) is 8.25. The van der Waals surface area contributed by atoms with Crippen LogP contribution in [0.1, 0.15) is 31.7 Å². The molecule has 1 aromatic heterocycles. The van der Waals surface area contributed by atoms with Gasteiger partial charge in [0.25, 0.3) is 0 Å². The van der Waals surface area contributed by atoms with E-state index in [1.165, 1.54) is 6.07 Å². The van der Waals surface area contributed by atoms with Gasteiger partial charge >= 0.3 is 0 Å². The molecule has 0 atom stereocenters. The van der Waals surface area contributed by atoms with E-state index in [4.69, 9.17) is 10.3 Å². The van der Waals surface area contributed by atoms with Gasteiger partial charge in [-0.2, -0.15) is 4.98 Å². The molecule has 0 bridgehead atoms. The van der Waals surface area contributed by atoms with Crippen LogP contribution in [0.15, 0.2) is 22.7 Å². The van der Waals surface area contributed by atoms with E-state index in [9.17, 15) is 9.18 Å². The summed E-state index contributed by atoms with van der Waals surface area (Å²) in [7, 11) is 1.76. The number of nitrogens with two attached hydrogens (primary N) is 1. The van der Waals surface area contributed by atoms with Gasteiger partial charge in [-0.25, -0.2) is 4.39 Å². The number of carbonyl (C=O) groups is 1. The first-order chi connectivity index (χ1) is 11.7. The van der Waals surface area contributed by atoms with E-state index in [0.29, 0.717) is 42.4 Å². The third kappa shape index (κ3) is 5.09. The van der Waals surface area contributed by atoms with Gasteiger partial charge in [0, 0.05) is 32.0 Å². The minimum atomic E-state index is -0.276. The highest BCUT2D eigenvalue weighted by Crippen LogP contribution is 2.20. The third-order valence-corrected chi connectivity index (χ3v) is 4.08. The number of aryl methyl sites for hydroxylation is 2. The summed E-state index contributed by atoms with van der Waals surface area (Å²) in [4.78, 5) is 18.2. The lowest BCUT2D eigenvalue weighted by Gasteiger charge is -2.29. The Morgan fingerprint density at radius 3 is 2.76 bits per heavy atom. The molecule has 6 nitrogen and oxygen atoms in total. The fraction of sp³-hybridized carbons (Fsp3) is 0.500. The fourth-order valence-electron chi connectivity index (χ4n) is 2.46. The summed E-state index contributed by atoms with van der Waals surface area (Å²) in [6, 6.07) is 4.64. The third-order valence-electron chi connectivity index (χ3n) is 4.08. The molecule has 7 heteroatoms. The van der Waals surface area contributed by atoms with Crippen molar-refractivity contribution in [2.75, 3.05) is 20.1 Å². The number of nitrogens with zero attached hydrogens (tertiary/aromatic N) is 3. The Kier molecular flexibility index (Phi) is 5.89. The molecule has 0 unspecified atom stereocenters. The molecule has 0 aliphatic carbocycles. The minimum absolute atomic E-state index is 0.00102. The van der Waals surface area contributed by atoms with Crippen molar-refractivity contribution >= 4 is 5.91 Å². The predicted octanol–water partition coefficient (Wildman–Crippen LogP) is 2.56. The van der Waals surface area contributed by atoms with Gasteiger partial charge in [-0.1, -0.05) is 19.0 Å². The van der Waals surface area contributed by atoms with E-state index < -0.39 is 0 Å². The van der Waals surface area contributed by atoms with Gasteiger partial charge in [-0.15, -0.1) is 0 Å². The van der Waals surface area contributed by atoms with Crippen molar-refractivity contribution in [3.8, 4) is 11.4 Å². The molecule has 0 aliphatic heterocycles. The Balaban J connectivity index is 1.95. The number of benzene rings is 1. The molecule has 0 saturated heterocycles. The van der Waals surface area contributed by atoms with Crippen LogP contribution in [0.2, 0.25) is 0 Å². The molecule has 1 heterocycles. The summed E-state index contributed by atoms with van der Waals surface area (Å²) < 4.78 is 18.5. The second-order valence-electron chi connectivity index (χ2n) is 7.09. The lowest BCUT2D eigenvalue weighted by Crippen LogP contribution is -2.39. The van der Waals surface area contributed by atoms with E-state index in [-0.39, 0.29) is 23.6 Å². The summed E-state index contributed by atoms with van der Waals surface area (Å²) >= 11 is 0. The van der Waals surface area contributed by atoms with E-state index in [0.717, 1.165) is 0 Å². The first-order valence-corrected chi connectivity index (χ1v) is 8.25. The first kappa shape index (κ1) is 19.1. The van der Waals surface area contributed by atoms with Crippen molar-refractivity contribution in [1.29, 1.82) is 0 Å². The smallest absolute Gasteiger partial charge is 0.227 e. The highest BCUT2D eigenvalue weighted by molar-refractivity contribution is 5.76. The summed E-state index contributed by atoms with van der Waals surface area (Å²) in [5.41, 5.74) is 6.78. The number of aromatic nitrogens is 2.